The average Bonchev–Trinajstić information content (AvgIpc) is 2.82. The summed E-state index contributed by atoms with van der Waals surface area (Å²) >= 11 is 0. The molecule has 0 spiro atoms. The standard InChI is InChI=1S/C14H13F3N4O2S/c1-21-12(8-3-4-18-11(5-8)24(2,22)23)20-10-6-9(14(15,16)17)7-19-13(10)21/h5-7H,3-4H2,1-2H3. The topological polar surface area (TPSA) is 77.2 Å². The number of nitrogens with zero attached hydrogens (tertiary/aromatic N) is 4. The normalized spacial score (nSPS) is 16.2. The van der Waals surface area contributed by atoms with Gasteiger partial charge in [0.2, 0.25) is 0 Å². The molecule has 6 nitrogen and oxygen atoms in total. The maximum Gasteiger partial charge on any atom is 0.417 e. The molecule has 0 fully saturated rings. The van der Waals surface area contributed by atoms with Gasteiger partial charge >= 0.3 is 6.18 Å². The van der Waals surface area contributed by atoms with E-state index in [2.05, 4.69) is 15.0 Å². The van der Waals surface area contributed by atoms with Crippen LogP contribution in [0.5, 0.6) is 0 Å². The molecule has 3 heterocycles. The molecule has 0 atom stereocenters. The second kappa shape index (κ2) is 5.40. The summed E-state index contributed by atoms with van der Waals surface area (Å²) in [5.74, 6) is 0.382. The summed E-state index contributed by atoms with van der Waals surface area (Å²) in [6.07, 6.45) is -0.837. The van der Waals surface area contributed by atoms with E-state index in [0.29, 0.717) is 23.5 Å². The molecule has 0 aliphatic carbocycles. The van der Waals surface area contributed by atoms with Gasteiger partial charge in [0.05, 0.1) is 5.56 Å². The van der Waals surface area contributed by atoms with E-state index >= 15 is 0 Å². The summed E-state index contributed by atoms with van der Waals surface area (Å²) in [4.78, 5) is 12.0. The van der Waals surface area contributed by atoms with Gasteiger partial charge in [-0.15, -0.1) is 0 Å². The highest BCUT2D eigenvalue weighted by Gasteiger charge is 2.32. The van der Waals surface area contributed by atoms with Crippen molar-refractivity contribution >= 4 is 31.6 Å². The molecule has 0 N–H and O–H groups in total. The molecule has 0 unspecified atom stereocenters. The Kier molecular flexibility index (Phi) is 3.74. The minimum atomic E-state index is -4.50. The minimum absolute atomic E-state index is 0.0558. The van der Waals surface area contributed by atoms with Crippen molar-refractivity contribution in [3.8, 4) is 0 Å². The maximum absolute atomic E-state index is 12.8. The minimum Gasteiger partial charge on any atom is -0.312 e. The van der Waals surface area contributed by atoms with E-state index in [1.54, 1.807) is 11.6 Å². The Morgan fingerprint density at radius 2 is 2.00 bits per heavy atom. The van der Waals surface area contributed by atoms with Crippen LogP contribution in [-0.4, -0.2) is 40.8 Å². The molecule has 1 aliphatic heterocycles. The van der Waals surface area contributed by atoms with Gasteiger partial charge in [0, 0.05) is 26.0 Å². The zero-order chi connectivity index (χ0) is 17.7. The molecule has 0 saturated carbocycles. The Morgan fingerprint density at radius 1 is 1.29 bits per heavy atom. The van der Waals surface area contributed by atoms with Crippen LogP contribution in [0, 0.1) is 0 Å². The third-order valence-electron chi connectivity index (χ3n) is 3.65. The molecule has 0 aromatic carbocycles. The number of aryl methyl sites for hydroxylation is 1. The Hall–Kier alpha value is -2.23. The molecule has 0 amide bonds. The van der Waals surface area contributed by atoms with Crippen LogP contribution in [0.4, 0.5) is 13.2 Å². The molecular formula is C14H13F3N4O2S. The van der Waals surface area contributed by atoms with Crippen LogP contribution in [0.1, 0.15) is 17.8 Å². The number of sulfone groups is 1. The van der Waals surface area contributed by atoms with Crippen molar-refractivity contribution < 1.29 is 21.6 Å². The Labute approximate surface area is 135 Å². The number of aromatic nitrogens is 3. The number of fused-ring (bicyclic) bond motifs is 1. The van der Waals surface area contributed by atoms with Crippen molar-refractivity contribution in [3.63, 3.8) is 0 Å². The van der Waals surface area contributed by atoms with E-state index in [0.717, 1.165) is 18.5 Å². The van der Waals surface area contributed by atoms with Gasteiger partial charge in [-0.2, -0.15) is 13.2 Å². The van der Waals surface area contributed by atoms with Crippen molar-refractivity contribution in [2.45, 2.75) is 12.6 Å². The average molecular weight is 358 g/mol. The summed E-state index contributed by atoms with van der Waals surface area (Å²) in [6.45, 7) is 0.276. The van der Waals surface area contributed by atoms with Crippen molar-refractivity contribution in [2.75, 3.05) is 12.8 Å². The van der Waals surface area contributed by atoms with Crippen molar-refractivity contribution in [2.24, 2.45) is 12.0 Å². The number of hydrogen-bond donors (Lipinski definition) is 0. The molecule has 10 heteroatoms. The highest BCUT2D eigenvalue weighted by atomic mass is 32.2. The fourth-order valence-corrected chi connectivity index (χ4v) is 3.15. The first-order chi connectivity index (χ1) is 11.1. The first-order valence-electron chi connectivity index (χ1n) is 6.92. The van der Waals surface area contributed by atoms with Gasteiger partial charge in [-0.05, 0) is 24.1 Å². The van der Waals surface area contributed by atoms with E-state index in [1.807, 2.05) is 0 Å². The Balaban J connectivity index is 2.12. The first kappa shape index (κ1) is 16.6. The summed E-state index contributed by atoms with van der Waals surface area (Å²) in [7, 11) is -1.84. The lowest BCUT2D eigenvalue weighted by atomic mass is 10.1. The Bertz CT molecular complexity index is 987. The molecule has 2 aromatic rings. The quantitative estimate of drug-likeness (QED) is 0.783. The van der Waals surface area contributed by atoms with E-state index in [1.165, 1.54) is 6.08 Å². The van der Waals surface area contributed by atoms with Crippen molar-refractivity contribution in [3.05, 3.63) is 29.7 Å². The number of hydrogen-bond acceptors (Lipinski definition) is 5. The van der Waals surface area contributed by atoms with Gasteiger partial charge < -0.3 is 4.57 Å². The van der Waals surface area contributed by atoms with Crippen LogP contribution < -0.4 is 0 Å². The van der Waals surface area contributed by atoms with Crippen LogP contribution in [0.25, 0.3) is 16.7 Å². The predicted molar refractivity (Wildman–Crippen MR) is 83.3 cm³/mol. The van der Waals surface area contributed by atoms with Crippen LogP contribution in [0.3, 0.4) is 0 Å². The van der Waals surface area contributed by atoms with Gasteiger partial charge in [0.1, 0.15) is 16.4 Å². The van der Waals surface area contributed by atoms with Crippen LogP contribution in [-0.2, 0) is 23.1 Å². The number of alkyl halides is 3. The molecule has 2 aromatic heterocycles. The fourth-order valence-electron chi connectivity index (χ4n) is 2.47. The maximum atomic E-state index is 12.8. The lowest BCUT2D eigenvalue weighted by molar-refractivity contribution is -0.137. The Morgan fingerprint density at radius 3 is 2.62 bits per heavy atom. The largest absolute Gasteiger partial charge is 0.417 e. The van der Waals surface area contributed by atoms with Gasteiger partial charge in [0.15, 0.2) is 15.5 Å². The zero-order valence-corrected chi connectivity index (χ0v) is 13.6. The van der Waals surface area contributed by atoms with E-state index in [4.69, 9.17) is 0 Å². The second-order valence-corrected chi connectivity index (χ2v) is 7.43. The molecule has 128 valence electrons. The first-order valence-corrected chi connectivity index (χ1v) is 8.81. The summed E-state index contributed by atoms with van der Waals surface area (Å²) in [5, 5.41) is -0.0558. The molecule has 0 radical (unpaired) electrons. The van der Waals surface area contributed by atoms with Gasteiger partial charge in [-0.1, -0.05) is 0 Å². The predicted octanol–water partition coefficient (Wildman–Crippen LogP) is 2.22. The zero-order valence-electron chi connectivity index (χ0n) is 12.8. The number of halogens is 3. The van der Waals surface area contributed by atoms with Crippen LogP contribution in [0.15, 0.2) is 23.3 Å². The van der Waals surface area contributed by atoms with E-state index in [9.17, 15) is 21.6 Å². The number of imidazole rings is 1. The monoisotopic (exact) mass is 358 g/mol. The molecule has 24 heavy (non-hydrogen) atoms. The molecule has 0 saturated heterocycles. The summed E-state index contributed by atoms with van der Waals surface area (Å²) in [6, 6.07) is 0.931. The summed E-state index contributed by atoms with van der Waals surface area (Å²) < 4.78 is 63.2. The summed E-state index contributed by atoms with van der Waals surface area (Å²) in [5.41, 5.74) is 0.115. The van der Waals surface area contributed by atoms with E-state index in [-0.39, 0.29) is 17.1 Å². The van der Waals surface area contributed by atoms with Crippen LogP contribution in [0.2, 0.25) is 0 Å². The van der Waals surface area contributed by atoms with E-state index < -0.39 is 21.6 Å². The molecule has 0 bridgehead atoms. The lowest BCUT2D eigenvalue weighted by Gasteiger charge is -2.12. The highest BCUT2D eigenvalue weighted by Crippen LogP contribution is 2.31. The second-order valence-electron chi connectivity index (χ2n) is 5.47. The molecule has 1 aliphatic rings. The van der Waals surface area contributed by atoms with Gasteiger partial charge in [0.25, 0.3) is 0 Å². The van der Waals surface area contributed by atoms with Crippen LogP contribution >= 0.6 is 0 Å². The van der Waals surface area contributed by atoms with Crippen molar-refractivity contribution in [1.82, 2.24) is 14.5 Å². The third-order valence-corrected chi connectivity index (χ3v) is 4.66. The van der Waals surface area contributed by atoms with Gasteiger partial charge in [-0.3, -0.25) is 4.99 Å². The van der Waals surface area contributed by atoms with Gasteiger partial charge in [-0.25, -0.2) is 18.4 Å². The SMILES string of the molecule is Cn1c(C2=CC(S(C)(=O)=O)=NCC2)nc2cc(C(F)(F)F)cnc21. The highest BCUT2D eigenvalue weighted by molar-refractivity contribution is 8.06. The fraction of sp³-hybridized carbons (Fsp3) is 0.357. The smallest absolute Gasteiger partial charge is 0.312 e. The number of aliphatic imine (C=N–C) groups is 1. The number of dihydropyridines is 1. The molecular weight excluding hydrogens is 345 g/mol. The van der Waals surface area contributed by atoms with Crippen molar-refractivity contribution in [1.29, 1.82) is 0 Å². The molecule has 3 rings (SSSR count). The number of rotatable bonds is 1. The lowest BCUT2D eigenvalue weighted by Crippen LogP contribution is -2.15. The number of pyridine rings is 1. The third kappa shape index (κ3) is 2.93.